The van der Waals surface area contributed by atoms with Crippen LogP contribution in [0.4, 0.5) is 0 Å². The third kappa shape index (κ3) is 2.78. The third-order valence-corrected chi connectivity index (χ3v) is 4.46. The second kappa shape index (κ2) is 6.38. The van der Waals surface area contributed by atoms with Crippen molar-refractivity contribution in [2.45, 2.75) is 20.0 Å². The van der Waals surface area contributed by atoms with Gasteiger partial charge in [0.05, 0.1) is 11.4 Å². The van der Waals surface area contributed by atoms with Gasteiger partial charge in [0.2, 0.25) is 5.91 Å². The summed E-state index contributed by atoms with van der Waals surface area (Å²) in [7, 11) is 0. The van der Waals surface area contributed by atoms with Crippen molar-refractivity contribution in [3.8, 4) is 5.69 Å². The first-order valence-electron chi connectivity index (χ1n) is 8.17. The summed E-state index contributed by atoms with van der Waals surface area (Å²) in [6.07, 6.45) is -0.633. The van der Waals surface area contributed by atoms with Crippen LogP contribution in [-0.2, 0) is 4.79 Å². The Morgan fingerprint density at radius 2 is 1.85 bits per heavy atom. The Morgan fingerprint density at radius 3 is 2.58 bits per heavy atom. The maximum atomic E-state index is 11.7. The zero-order chi connectivity index (χ0) is 18.3. The molecule has 1 atom stereocenters. The lowest BCUT2D eigenvalue weighted by Crippen LogP contribution is -2.27. The van der Waals surface area contributed by atoms with Gasteiger partial charge in [-0.25, -0.2) is 0 Å². The molecule has 0 aliphatic carbocycles. The monoisotopic (exact) mass is 365 g/mol. The number of para-hydroxylation sites is 1. The van der Waals surface area contributed by atoms with Crippen molar-refractivity contribution in [1.29, 1.82) is 0 Å². The quantitative estimate of drug-likeness (QED) is 0.757. The normalized spacial score (nSPS) is 15.5. The molecule has 4 rings (SSSR count). The summed E-state index contributed by atoms with van der Waals surface area (Å²) in [5, 5.41) is 12.0. The van der Waals surface area contributed by atoms with Crippen molar-refractivity contribution < 1.29 is 4.79 Å². The molecule has 7 heteroatoms. The molecule has 3 aromatic rings. The largest absolute Gasteiger partial charge is 0.328 e. The number of benzene rings is 2. The van der Waals surface area contributed by atoms with E-state index in [-0.39, 0.29) is 5.91 Å². The van der Waals surface area contributed by atoms with Crippen molar-refractivity contribution in [2.24, 2.45) is 4.99 Å². The number of aliphatic imine (C=N–C) groups is 1. The molecule has 1 aliphatic rings. The number of aromatic nitrogens is 3. The van der Waals surface area contributed by atoms with Crippen LogP contribution >= 0.6 is 11.6 Å². The maximum absolute atomic E-state index is 11.7. The van der Waals surface area contributed by atoms with Crippen LogP contribution < -0.4 is 5.32 Å². The molecule has 0 saturated carbocycles. The van der Waals surface area contributed by atoms with E-state index >= 15 is 0 Å². The molecule has 26 heavy (non-hydrogen) atoms. The highest BCUT2D eigenvalue weighted by molar-refractivity contribution is 6.30. The standard InChI is InChI=1S/C19H16ClN5O/c1-11-23-24-19-18(21-12(2)26)22-17(13-7-9-14(20)10-8-13)15-5-3-4-6-16(15)25(11)19/h3-10,18H,1-2H3,(H,21,26). The average Bonchev–Trinajstić information content (AvgIpc) is 2.94. The molecule has 1 unspecified atom stereocenters. The number of aryl methyl sites for hydroxylation is 1. The van der Waals surface area contributed by atoms with Gasteiger partial charge >= 0.3 is 0 Å². The second-order valence-electron chi connectivity index (χ2n) is 6.05. The Morgan fingerprint density at radius 1 is 1.12 bits per heavy atom. The van der Waals surface area contributed by atoms with Gasteiger partial charge in [-0.05, 0) is 25.1 Å². The van der Waals surface area contributed by atoms with Gasteiger partial charge in [-0.1, -0.05) is 41.9 Å². The van der Waals surface area contributed by atoms with Crippen LogP contribution in [0.15, 0.2) is 53.5 Å². The van der Waals surface area contributed by atoms with E-state index in [1.165, 1.54) is 6.92 Å². The molecule has 1 amide bonds. The smallest absolute Gasteiger partial charge is 0.218 e. The fourth-order valence-electron chi connectivity index (χ4n) is 3.11. The Kier molecular flexibility index (Phi) is 4.05. The molecule has 1 aromatic heterocycles. The summed E-state index contributed by atoms with van der Waals surface area (Å²) < 4.78 is 1.93. The lowest BCUT2D eigenvalue weighted by molar-refractivity contribution is -0.119. The zero-order valence-electron chi connectivity index (χ0n) is 14.3. The predicted molar refractivity (Wildman–Crippen MR) is 99.7 cm³/mol. The summed E-state index contributed by atoms with van der Waals surface area (Å²) in [6, 6.07) is 15.4. The van der Waals surface area contributed by atoms with E-state index in [1.54, 1.807) is 0 Å². The Balaban J connectivity index is 1.99. The fraction of sp³-hybridized carbons (Fsp3) is 0.158. The van der Waals surface area contributed by atoms with Crippen molar-refractivity contribution >= 4 is 23.2 Å². The van der Waals surface area contributed by atoms with Crippen molar-refractivity contribution in [1.82, 2.24) is 20.1 Å². The van der Waals surface area contributed by atoms with Crippen LogP contribution in [0.1, 0.15) is 35.9 Å². The first-order valence-corrected chi connectivity index (χ1v) is 8.55. The number of carbonyl (C=O) groups is 1. The molecular formula is C19H16ClN5O. The minimum absolute atomic E-state index is 0.188. The van der Waals surface area contributed by atoms with E-state index in [4.69, 9.17) is 16.6 Å². The SMILES string of the molecule is CC(=O)NC1N=C(c2ccc(Cl)cc2)c2ccccc2-n2c(C)nnc21. The van der Waals surface area contributed by atoms with Crippen LogP contribution in [0.2, 0.25) is 5.02 Å². The number of hydrogen-bond acceptors (Lipinski definition) is 4. The van der Waals surface area contributed by atoms with Gasteiger partial charge in [-0.15, -0.1) is 10.2 Å². The predicted octanol–water partition coefficient (Wildman–Crippen LogP) is 3.21. The van der Waals surface area contributed by atoms with Gasteiger partial charge in [0.1, 0.15) is 5.82 Å². The summed E-state index contributed by atoms with van der Waals surface area (Å²) in [5.41, 5.74) is 3.54. The lowest BCUT2D eigenvalue weighted by Gasteiger charge is -2.13. The topological polar surface area (TPSA) is 72.2 Å². The highest BCUT2D eigenvalue weighted by Crippen LogP contribution is 2.29. The summed E-state index contributed by atoms with van der Waals surface area (Å²) >= 11 is 6.04. The van der Waals surface area contributed by atoms with E-state index in [2.05, 4.69) is 15.5 Å². The first kappa shape index (κ1) is 16.5. The fourth-order valence-corrected chi connectivity index (χ4v) is 3.23. The third-order valence-electron chi connectivity index (χ3n) is 4.21. The summed E-state index contributed by atoms with van der Waals surface area (Å²) in [5.74, 6) is 1.12. The number of nitrogens with zero attached hydrogens (tertiary/aromatic N) is 4. The number of halogens is 1. The number of fused-ring (bicyclic) bond motifs is 3. The molecule has 0 bridgehead atoms. The van der Waals surface area contributed by atoms with Crippen molar-refractivity contribution in [3.63, 3.8) is 0 Å². The molecule has 0 fully saturated rings. The van der Waals surface area contributed by atoms with Gasteiger partial charge in [-0.2, -0.15) is 0 Å². The molecule has 0 saturated heterocycles. The van der Waals surface area contributed by atoms with Crippen molar-refractivity contribution in [2.75, 3.05) is 0 Å². The molecule has 0 spiro atoms. The maximum Gasteiger partial charge on any atom is 0.218 e. The van der Waals surface area contributed by atoms with Gasteiger partial charge in [0.25, 0.3) is 0 Å². The Labute approximate surface area is 155 Å². The van der Waals surface area contributed by atoms with E-state index in [0.717, 1.165) is 28.4 Å². The highest BCUT2D eigenvalue weighted by Gasteiger charge is 2.28. The van der Waals surface area contributed by atoms with E-state index < -0.39 is 6.17 Å². The Bertz CT molecular complexity index is 1020. The minimum atomic E-state index is -0.633. The van der Waals surface area contributed by atoms with E-state index in [0.29, 0.717) is 10.8 Å². The minimum Gasteiger partial charge on any atom is -0.328 e. The van der Waals surface area contributed by atoms with Crippen LogP contribution in [-0.4, -0.2) is 26.4 Å². The van der Waals surface area contributed by atoms with E-state index in [1.807, 2.05) is 60.0 Å². The molecule has 2 aromatic carbocycles. The first-order chi connectivity index (χ1) is 12.5. The molecule has 1 N–H and O–H groups in total. The molecular weight excluding hydrogens is 350 g/mol. The van der Waals surface area contributed by atoms with Crippen molar-refractivity contribution in [3.05, 3.63) is 76.3 Å². The number of hydrogen-bond donors (Lipinski definition) is 1. The average molecular weight is 366 g/mol. The summed E-state index contributed by atoms with van der Waals surface area (Å²) in [4.78, 5) is 16.6. The lowest BCUT2D eigenvalue weighted by atomic mass is 10.0. The number of nitrogens with one attached hydrogen (secondary N) is 1. The zero-order valence-corrected chi connectivity index (χ0v) is 15.0. The highest BCUT2D eigenvalue weighted by atomic mass is 35.5. The number of carbonyl (C=O) groups excluding carboxylic acids is 1. The van der Waals surface area contributed by atoms with Gasteiger partial charge in [0.15, 0.2) is 12.0 Å². The van der Waals surface area contributed by atoms with Crippen LogP contribution in [0.5, 0.6) is 0 Å². The van der Waals surface area contributed by atoms with Crippen LogP contribution in [0.3, 0.4) is 0 Å². The Hall–Kier alpha value is -2.99. The van der Waals surface area contributed by atoms with Gasteiger partial charge in [-0.3, -0.25) is 14.4 Å². The molecule has 1 aliphatic heterocycles. The van der Waals surface area contributed by atoms with Gasteiger partial charge < -0.3 is 5.32 Å². The van der Waals surface area contributed by atoms with Crippen LogP contribution in [0, 0.1) is 6.92 Å². The summed E-state index contributed by atoms with van der Waals surface area (Å²) in [6.45, 7) is 3.34. The second-order valence-corrected chi connectivity index (χ2v) is 6.48. The number of rotatable bonds is 2. The molecule has 130 valence electrons. The van der Waals surface area contributed by atoms with Crippen LogP contribution in [0.25, 0.3) is 5.69 Å². The molecule has 0 radical (unpaired) electrons. The molecule has 6 nitrogen and oxygen atoms in total. The molecule has 2 heterocycles. The van der Waals surface area contributed by atoms with E-state index in [9.17, 15) is 4.79 Å². The van der Waals surface area contributed by atoms with Gasteiger partial charge in [0, 0.05) is 23.1 Å². The number of amides is 1.